The molecule has 0 aliphatic heterocycles. The molecule has 7 nitrogen and oxygen atoms in total. The van der Waals surface area contributed by atoms with Crippen molar-refractivity contribution >= 4 is 15.8 Å². The Bertz CT molecular complexity index is 523. The number of nitrogens with one attached hydrogen (secondary N) is 1. The number of nitrogens with two attached hydrogens (primary N) is 1. The van der Waals surface area contributed by atoms with Gasteiger partial charge < -0.3 is 16.2 Å². The summed E-state index contributed by atoms with van der Waals surface area (Å²) in [5.41, 5.74) is 5.46. The molecule has 0 aromatic carbocycles. The van der Waals surface area contributed by atoms with Gasteiger partial charge in [-0.25, -0.2) is 13.4 Å². The van der Waals surface area contributed by atoms with Crippen molar-refractivity contribution < 1.29 is 13.5 Å². The first-order valence-corrected chi connectivity index (χ1v) is 7.67. The van der Waals surface area contributed by atoms with Gasteiger partial charge in [-0.05, 0) is 26.0 Å². The monoisotopic (exact) mass is 302 g/mol. The number of aliphatic hydroxyl groups excluding tert-OH is 1. The molecule has 1 heterocycles. The van der Waals surface area contributed by atoms with Gasteiger partial charge in [0.2, 0.25) is 10.0 Å². The molecule has 0 aliphatic rings. The minimum atomic E-state index is -3.60. The summed E-state index contributed by atoms with van der Waals surface area (Å²) in [5.74, 6) is 0.562. The zero-order valence-electron chi connectivity index (χ0n) is 12.0. The van der Waals surface area contributed by atoms with Crippen LogP contribution in [0, 0.1) is 0 Å². The highest BCUT2D eigenvalue weighted by atomic mass is 32.2. The van der Waals surface area contributed by atoms with Crippen LogP contribution in [0.3, 0.4) is 0 Å². The molecule has 4 N–H and O–H groups in total. The summed E-state index contributed by atoms with van der Waals surface area (Å²) in [6.07, 6.45) is 1.29. The Morgan fingerprint density at radius 3 is 2.55 bits per heavy atom. The second-order valence-electron chi connectivity index (χ2n) is 5.27. The van der Waals surface area contributed by atoms with E-state index in [1.165, 1.54) is 19.3 Å². The Kier molecular flexibility index (Phi) is 5.46. The van der Waals surface area contributed by atoms with Crippen molar-refractivity contribution in [3.63, 3.8) is 0 Å². The molecule has 1 rings (SSSR count). The predicted molar refractivity (Wildman–Crippen MR) is 77.9 cm³/mol. The maximum atomic E-state index is 12.1. The third-order valence-electron chi connectivity index (χ3n) is 2.58. The maximum Gasteiger partial charge on any atom is 0.244 e. The lowest BCUT2D eigenvalue weighted by atomic mass is 10.1. The van der Waals surface area contributed by atoms with Gasteiger partial charge in [-0.15, -0.1) is 0 Å². The van der Waals surface area contributed by atoms with Crippen molar-refractivity contribution in [2.45, 2.75) is 24.3 Å². The lowest BCUT2D eigenvalue weighted by Crippen LogP contribution is -2.39. The number of anilines is 1. The Morgan fingerprint density at radius 1 is 1.45 bits per heavy atom. The van der Waals surface area contributed by atoms with Gasteiger partial charge in [0.05, 0.1) is 6.61 Å². The van der Waals surface area contributed by atoms with Gasteiger partial charge in [0.15, 0.2) is 0 Å². The van der Waals surface area contributed by atoms with E-state index >= 15 is 0 Å². The Balaban J connectivity index is 2.81. The summed E-state index contributed by atoms with van der Waals surface area (Å²) in [7, 11) is -2.19. The SMILES string of the molecule is CN(CCO)S(=O)(=O)c1ccc(NCC(C)(C)N)nc1. The standard InChI is InChI=1S/C12H22N4O3S/c1-12(2,13)9-15-11-5-4-10(8-14-11)20(18,19)16(3)6-7-17/h4-5,8,17H,6-7,9,13H2,1-3H3,(H,14,15). The van der Waals surface area contributed by atoms with E-state index in [4.69, 9.17) is 10.8 Å². The Labute approximate surface area is 119 Å². The molecule has 0 radical (unpaired) electrons. The fourth-order valence-corrected chi connectivity index (χ4v) is 2.50. The second-order valence-corrected chi connectivity index (χ2v) is 7.32. The molecule has 8 heteroatoms. The summed E-state index contributed by atoms with van der Waals surface area (Å²) in [6, 6.07) is 3.06. The lowest BCUT2D eigenvalue weighted by molar-refractivity contribution is 0.266. The molecular weight excluding hydrogens is 280 g/mol. The highest BCUT2D eigenvalue weighted by molar-refractivity contribution is 7.89. The first kappa shape index (κ1) is 16.8. The van der Waals surface area contributed by atoms with E-state index in [-0.39, 0.29) is 23.6 Å². The van der Waals surface area contributed by atoms with Crippen molar-refractivity contribution in [3.8, 4) is 0 Å². The highest BCUT2D eigenvalue weighted by Crippen LogP contribution is 2.15. The van der Waals surface area contributed by atoms with Crippen LogP contribution in [0.5, 0.6) is 0 Å². The first-order chi connectivity index (χ1) is 9.16. The number of hydrogen-bond donors (Lipinski definition) is 3. The summed E-state index contributed by atoms with van der Waals surface area (Å²) in [5, 5.41) is 11.8. The topological polar surface area (TPSA) is 109 Å². The summed E-state index contributed by atoms with van der Waals surface area (Å²) >= 11 is 0. The molecule has 0 bridgehead atoms. The molecule has 20 heavy (non-hydrogen) atoms. The largest absolute Gasteiger partial charge is 0.395 e. The Hall–Kier alpha value is -1.22. The van der Waals surface area contributed by atoms with Crippen LogP contribution in [0.2, 0.25) is 0 Å². The van der Waals surface area contributed by atoms with Gasteiger partial charge in [0.25, 0.3) is 0 Å². The van der Waals surface area contributed by atoms with Crippen LogP contribution in [0.4, 0.5) is 5.82 Å². The van der Waals surface area contributed by atoms with E-state index in [1.54, 1.807) is 6.07 Å². The minimum Gasteiger partial charge on any atom is -0.395 e. The molecule has 1 aromatic rings. The number of aromatic nitrogens is 1. The van der Waals surface area contributed by atoms with Crippen molar-refractivity contribution in [1.82, 2.24) is 9.29 Å². The normalized spacial score (nSPS) is 12.7. The van der Waals surface area contributed by atoms with Crippen LogP contribution < -0.4 is 11.1 Å². The van der Waals surface area contributed by atoms with Crippen LogP contribution >= 0.6 is 0 Å². The van der Waals surface area contributed by atoms with E-state index < -0.39 is 10.0 Å². The molecule has 0 unspecified atom stereocenters. The molecule has 0 aliphatic carbocycles. The van der Waals surface area contributed by atoms with Crippen LogP contribution in [-0.4, -0.2) is 55.1 Å². The summed E-state index contributed by atoms with van der Waals surface area (Å²) in [6.45, 7) is 4.10. The average molecular weight is 302 g/mol. The number of rotatable bonds is 7. The lowest BCUT2D eigenvalue weighted by Gasteiger charge is -2.19. The molecule has 0 saturated carbocycles. The van der Waals surface area contributed by atoms with Crippen LogP contribution in [0.1, 0.15) is 13.8 Å². The van der Waals surface area contributed by atoms with Crippen molar-refractivity contribution in [2.24, 2.45) is 5.73 Å². The van der Waals surface area contributed by atoms with E-state index in [2.05, 4.69) is 10.3 Å². The van der Waals surface area contributed by atoms with Crippen molar-refractivity contribution in [2.75, 3.05) is 32.1 Å². The van der Waals surface area contributed by atoms with E-state index in [0.29, 0.717) is 12.4 Å². The number of pyridine rings is 1. The number of nitrogens with zero attached hydrogens (tertiary/aromatic N) is 2. The van der Waals surface area contributed by atoms with Gasteiger partial charge >= 0.3 is 0 Å². The van der Waals surface area contributed by atoms with Gasteiger partial charge in [0, 0.05) is 31.9 Å². The van der Waals surface area contributed by atoms with Crippen LogP contribution in [-0.2, 0) is 10.0 Å². The fourth-order valence-electron chi connectivity index (χ4n) is 1.40. The minimum absolute atomic E-state index is 0.0453. The third-order valence-corrected chi connectivity index (χ3v) is 4.42. The fraction of sp³-hybridized carbons (Fsp3) is 0.583. The van der Waals surface area contributed by atoms with Crippen molar-refractivity contribution in [1.29, 1.82) is 0 Å². The average Bonchev–Trinajstić information content (AvgIpc) is 2.36. The predicted octanol–water partition coefficient (Wildman–Crippen LogP) is -0.156. The first-order valence-electron chi connectivity index (χ1n) is 6.23. The molecule has 0 fully saturated rings. The summed E-state index contributed by atoms with van der Waals surface area (Å²) in [4.78, 5) is 4.14. The number of hydrogen-bond acceptors (Lipinski definition) is 6. The van der Waals surface area contributed by atoms with Gasteiger partial charge in [-0.3, -0.25) is 0 Å². The molecule has 0 saturated heterocycles. The summed E-state index contributed by atoms with van der Waals surface area (Å²) < 4.78 is 25.3. The number of likely N-dealkylation sites (N-methyl/N-ethyl adjacent to an activating group) is 1. The molecule has 0 spiro atoms. The molecule has 0 atom stereocenters. The zero-order valence-corrected chi connectivity index (χ0v) is 12.8. The van der Waals surface area contributed by atoms with E-state index in [1.807, 2.05) is 13.8 Å². The highest BCUT2D eigenvalue weighted by Gasteiger charge is 2.20. The van der Waals surface area contributed by atoms with Gasteiger partial charge in [-0.2, -0.15) is 4.31 Å². The smallest absolute Gasteiger partial charge is 0.244 e. The molecule has 0 amide bonds. The van der Waals surface area contributed by atoms with Gasteiger partial charge in [-0.1, -0.05) is 0 Å². The van der Waals surface area contributed by atoms with Gasteiger partial charge in [0.1, 0.15) is 10.7 Å². The quantitative estimate of drug-likeness (QED) is 0.646. The molecule has 114 valence electrons. The number of sulfonamides is 1. The molecule has 1 aromatic heterocycles. The zero-order chi connectivity index (χ0) is 15.4. The Morgan fingerprint density at radius 2 is 2.10 bits per heavy atom. The van der Waals surface area contributed by atoms with Crippen molar-refractivity contribution in [3.05, 3.63) is 18.3 Å². The van der Waals surface area contributed by atoms with Crippen LogP contribution in [0.15, 0.2) is 23.2 Å². The number of aliphatic hydroxyl groups is 1. The maximum absolute atomic E-state index is 12.1. The second kappa shape index (κ2) is 6.49. The van der Waals surface area contributed by atoms with E-state index in [0.717, 1.165) is 4.31 Å². The van der Waals surface area contributed by atoms with Crippen LogP contribution in [0.25, 0.3) is 0 Å². The van der Waals surface area contributed by atoms with E-state index in [9.17, 15) is 8.42 Å². The third kappa shape index (κ3) is 4.71. The molecular formula is C12H22N4O3S.